The second kappa shape index (κ2) is 4.86. The van der Waals surface area contributed by atoms with Gasteiger partial charge in [-0.1, -0.05) is 42.5 Å². The van der Waals surface area contributed by atoms with Crippen molar-refractivity contribution in [2.45, 2.75) is 18.3 Å². The molecule has 1 amide bonds. The number of nitrogen functional groups attached to an aromatic ring is 1. The van der Waals surface area contributed by atoms with Crippen molar-refractivity contribution in [2.24, 2.45) is 5.84 Å². The largest absolute Gasteiger partial charge is 0.290 e. The van der Waals surface area contributed by atoms with Crippen molar-refractivity contribution in [3.05, 3.63) is 71.3 Å². The Morgan fingerprint density at radius 3 is 2.11 bits per heavy atom. The molecule has 3 rings (SSSR count). The Hall–Kier alpha value is -2.13. The summed E-state index contributed by atoms with van der Waals surface area (Å²) in [6.45, 7) is 0. The minimum Gasteiger partial charge on any atom is -0.290 e. The zero-order chi connectivity index (χ0) is 13.2. The number of rotatable bonds is 3. The molecule has 1 aliphatic rings. The molecule has 0 aliphatic heterocycles. The second-order valence-electron chi connectivity index (χ2n) is 4.95. The summed E-state index contributed by atoms with van der Waals surface area (Å²) in [4.78, 5) is 11.4. The van der Waals surface area contributed by atoms with E-state index in [0.717, 1.165) is 0 Å². The van der Waals surface area contributed by atoms with E-state index in [1.165, 1.54) is 17.5 Å². The summed E-state index contributed by atoms with van der Waals surface area (Å²) in [5, 5.41) is 0. The third-order valence-corrected chi connectivity index (χ3v) is 3.75. The van der Waals surface area contributed by atoms with Crippen LogP contribution < -0.4 is 11.3 Å². The molecule has 3 heteroatoms. The van der Waals surface area contributed by atoms with Gasteiger partial charge in [-0.05, 0) is 41.5 Å². The third kappa shape index (κ3) is 2.37. The molecule has 2 atom stereocenters. The van der Waals surface area contributed by atoms with E-state index in [1.54, 1.807) is 0 Å². The first-order valence-electron chi connectivity index (χ1n) is 6.45. The van der Waals surface area contributed by atoms with Crippen molar-refractivity contribution < 1.29 is 4.79 Å². The fraction of sp³-hybridized carbons (Fsp3) is 0.188. The number of carbonyl (C=O) groups excluding carboxylic acids is 1. The van der Waals surface area contributed by atoms with Crippen LogP contribution in [0.25, 0.3) is 0 Å². The Kier molecular flexibility index (Phi) is 3.05. The molecule has 3 nitrogen and oxygen atoms in total. The first-order valence-corrected chi connectivity index (χ1v) is 6.45. The predicted octanol–water partition coefficient (Wildman–Crippen LogP) is 2.56. The van der Waals surface area contributed by atoms with Crippen molar-refractivity contribution in [3.63, 3.8) is 0 Å². The molecule has 2 aromatic rings. The Bertz CT molecular complexity index is 577. The van der Waals surface area contributed by atoms with Crippen LogP contribution in [0.2, 0.25) is 0 Å². The second-order valence-corrected chi connectivity index (χ2v) is 4.95. The maximum absolute atomic E-state index is 11.4. The molecule has 0 heterocycles. The maximum atomic E-state index is 11.4. The van der Waals surface area contributed by atoms with E-state index in [0.29, 0.717) is 17.4 Å². The average Bonchev–Trinajstić information content (AvgIpc) is 3.28. The van der Waals surface area contributed by atoms with Crippen molar-refractivity contribution in [1.82, 2.24) is 5.43 Å². The van der Waals surface area contributed by atoms with Gasteiger partial charge in [0.15, 0.2) is 0 Å². The smallest absolute Gasteiger partial charge is 0.265 e. The first kappa shape index (κ1) is 11.9. The van der Waals surface area contributed by atoms with Crippen LogP contribution in [0.5, 0.6) is 0 Å². The van der Waals surface area contributed by atoms with E-state index in [4.69, 9.17) is 5.84 Å². The van der Waals surface area contributed by atoms with E-state index in [2.05, 4.69) is 29.7 Å². The number of benzene rings is 2. The lowest BCUT2D eigenvalue weighted by atomic mass is 10.0. The molecular weight excluding hydrogens is 236 g/mol. The van der Waals surface area contributed by atoms with Crippen molar-refractivity contribution in [2.75, 3.05) is 0 Å². The van der Waals surface area contributed by atoms with E-state index in [1.807, 2.05) is 30.3 Å². The topological polar surface area (TPSA) is 55.1 Å². The van der Waals surface area contributed by atoms with Crippen molar-refractivity contribution in [1.29, 1.82) is 0 Å². The standard InChI is InChI=1S/C16H16N2O/c17-18-16(19)13-8-6-12(7-9-13)15-10-14(15)11-4-2-1-3-5-11/h1-9,14-15H,10,17H2,(H,18,19)/t14-,15+/m0/s1. The summed E-state index contributed by atoms with van der Waals surface area (Å²) in [6, 6.07) is 18.3. The zero-order valence-corrected chi connectivity index (χ0v) is 10.5. The van der Waals surface area contributed by atoms with Gasteiger partial charge in [-0.15, -0.1) is 0 Å². The monoisotopic (exact) mass is 252 g/mol. The number of amides is 1. The van der Waals surface area contributed by atoms with Crippen LogP contribution in [0.3, 0.4) is 0 Å². The molecule has 0 saturated heterocycles. The molecule has 1 aliphatic carbocycles. The fourth-order valence-corrected chi connectivity index (χ4v) is 2.60. The van der Waals surface area contributed by atoms with Gasteiger partial charge in [0.05, 0.1) is 0 Å². The summed E-state index contributed by atoms with van der Waals surface area (Å²) in [7, 11) is 0. The molecule has 96 valence electrons. The van der Waals surface area contributed by atoms with Gasteiger partial charge in [0, 0.05) is 5.56 Å². The third-order valence-electron chi connectivity index (χ3n) is 3.75. The van der Waals surface area contributed by atoms with Gasteiger partial charge in [-0.3, -0.25) is 10.2 Å². The van der Waals surface area contributed by atoms with Gasteiger partial charge in [0.1, 0.15) is 0 Å². The summed E-state index contributed by atoms with van der Waals surface area (Å²) in [6.07, 6.45) is 1.19. The number of nitrogens with two attached hydrogens (primary N) is 1. The SMILES string of the molecule is NNC(=O)c1ccc([C@H]2C[C@H]2c2ccccc2)cc1. The van der Waals surface area contributed by atoms with Gasteiger partial charge in [-0.2, -0.15) is 0 Å². The van der Waals surface area contributed by atoms with Crippen LogP contribution in [-0.2, 0) is 0 Å². The number of hydrazine groups is 1. The Labute approximate surface area is 112 Å². The minimum atomic E-state index is -0.248. The molecule has 2 aromatic carbocycles. The molecule has 1 fully saturated rings. The van der Waals surface area contributed by atoms with Crippen molar-refractivity contribution >= 4 is 5.91 Å². The number of nitrogens with one attached hydrogen (secondary N) is 1. The van der Waals surface area contributed by atoms with Gasteiger partial charge in [0.2, 0.25) is 0 Å². The van der Waals surface area contributed by atoms with Gasteiger partial charge in [0.25, 0.3) is 5.91 Å². The zero-order valence-electron chi connectivity index (χ0n) is 10.5. The molecular formula is C16H16N2O. The molecule has 0 aromatic heterocycles. The predicted molar refractivity (Wildman–Crippen MR) is 74.6 cm³/mol. The Morgan fingerprint density at radius 2 is 1.53 bits per heavy atom. The van der Waals surface area contributed by atoms with E-state index in [9.17, 15) is 4.79 Å². The molecule has 3 N–H and O–H groups in total. The van der Waals surface area contributed by atoms with Crippen LogP contribution in [0.15, 0.2) is 54.6 Å². The number of hydrogen-bond acceptors (Lipinski definition) is 2. The van der Waals surface area contributed by atoms with Crippen LogP contribution in [0, 0.1) is 0 Å². The summed E-state index contributed by atoms with van der Waals surface area (Å²) in [5.74, 6) is 6.07. The van der Waals surface area contributed by atoms with Gasteiger partial charge in [-0.25, -0.2) is 5.84 Å². The summed E-state index contributed by atoms with van der Waals surface area (Å²) >= 11 is 0. The molecule has 0 bridgehead atoms. The molecule has 0 unspecified atom stereocenters. The lowest BCUT2D eigenvalue weighted by Gasteiger charge is -2.03. The van der Waals surface area contributed by atoms with Crippen LogP contribution in [-0.4, -0.2) is 5.91 Å². The quantitative estimate of drug-likeness (QED) is 0.501. The highest BCUT2D eigenvalue weighted by Gasteiger charge is 2.39. The molecule has 0 radical (unpaired) electrons. The highest BCUT2D eigenvalue weighted by Crippen LogP contribution is 2.54. The number of carbonyl (C=O) groups is 1. The van der Waals surface area contributed by atoms with E-state index in [-0.39, 0.29) is 5.91 Å². The summed E-state index contributed by atoms with van der Waals surface area (Å²) in [5.41, 5.74) is 5.43. The van der Waals surface area contributed by atoms with Crippen LogP contribution >= 0.6 is 0 Å². The van der Waals surface area contributed by atoms with E-state index < -0.39 is 0 Å². The van der Waals surface area contributed by atoms with Gasteiger partial charge < -0.3 is 0 Å². The van der Waals surface area contributed by atoms with Gasteiger partial charge >= 0.3 is 0 Å². The van der Waals surface area contributed by atoms with Crippen molar-refractivity contribution in [3.8, 4) is 0 Å². The normalized spacial score (nSPS) is 20.9. The molecule has 1 saturated carbocycles. The first-order chi connectivity index (χ1) is 9.29. The fourth-order valence-electron chi connectivity index (χ4n) is 2.60. The van der Waals surface area contributed by atoms with Crippen LogP contribution in [0.4, 0.5) is 0 Å². The number of hydrogen-bond donors (Lipinski definition) is 2. The Balaban J connectivity index is 1.74. The van der Waals surface area contributed by atoms with Crippen LogP contribution in [0.1, 0.15) is 39.7 Å². The molecule has 0 spiro atoms. The lowest BCUT2D eigenvalue weighted by Crippen LogP contribution is -2.29. The summed E-state index contributed by atoms with van der Waals surface area (Å²) < 4.78 is 0. The molecule has 19 heavy (non-hydrogen) atoms. The minimum absolute atomic E-state index is 0.248. The maximum Gasteiger partial charge on any atom is 0.265 e. The highest BCUT2D eigenvalue weighted by atomic mass is 16.2. The highest BCUT2D eigenvalue weighted by molar-refractivity contribution is 5.93. The average molecular weight is 252 g/mol. The lowest BCUT2D eigenvalue weighted by molar-refractivity contribution is 0.0953. The Morgan fingerprint density at radius 1 is 0.947 bits per heavy atom. The van der Waals surface area contributed by atoms with E-state index >= 15 is 0 Å².